The number of thiazole rings is 1. The summed E-state index contributed by atoms with van der Waals surface area (Å²) in [5.74, 6) is -4.06. The maximum Gasteiger partial charge on any atom is 0.303 e. The van der Waals surface area contributed by atoms with E-state index >= 15 is 0 Å². The van der Waals surface area contributed by atoms with E-state index in [0.717, 1.165) is 22.7 Å². The highest BCUT2D eigenvalue weighted by Gasteiger charge is 2.32. The van der Waals surface area contributed by atoms with Crippen molar-refractivity contribution in [3.63, 3.8) is 0 Å². The smallest absolute Gasteiger partial charge is 0.303 e. The fourth-order valence-corrected chi connectivity index (χ4v) is 5.28. The van der Waals surface area contributed by atoms with Gasteiger partial charge in [0.1, 0.15) is 5.52 Å². The van der Waals surface area contributed by atoms with Gasteiger partial charge in [-0.15, -0.1) is 0 Å². The highest BCUT2D eigenvalue weighted by molar-refractivity contribution is 7.22. The lowest BCUT2D eigenvalue weighted by Crippen LogP contribution is -2.28. The van der Waals surface area contributed by atoms with Gasteiger partial charge in [-0.2, -0.15) is 8.78 Å². The van der Waals surface area contributed by atoms with Gasteiger partial charge < -0.3 is 15.6 Å². The van der Waals surface area contributed by atoms with E-state index in [1.54, 1.807) is 10.9 Å². The fraction of sp³-hybridized carbons (Fsp3) is 0.409. The van der Waals surface area contributed by atoms with E-state index in [9.17, 15) is 13.6 Å². The number of nitrogens with two attached hydrogens (primary N) is 1. The van der Waals surface area contributed by atoms with Crippen LogP contribution in [0.4, 0.5) is 19.7 Å². The molecule has 0 saturated heterocycles. The van der Waals surface area contributed by atoms with E-state index in [2.05, 4.69) is 31.3 Å². The largest absolute Gasteiger partial charge is 0.382 e. The van der Waals surface area contributed by atoms with Crippen LogP contribution in [0.2, 0.25) is 0 Å². The van der Waals surface area contributed by atoms with Crippen LogP contribution in [0.25, 0.3) is 21.4 Å². The molecular formula is C22H23F2N7OS. The number of benzene rings is 1. The van der Waals surface area contributed by atoms with Crippen molar-refractivity contribution in [3.05, 3.63) is 35.9 Å². The maximum absolute atomic E-state index is 13.8. The number of nitrogen functional groups attached to an aromatic ring is 1. The van der Waals surface area contributed by atoms with Crippen LogP contribution in [-0.4, -0.2) is 30.4 Å². The second kappa shape index (κ2) is 7.98. The summed E-state index contributed by atoms with van der Waals surface area (Å²) in [7, 11) is 0. The predicted molar refractivity (Wildman–Crippen MR) is 123 cm³/mol. The molecule has 8 nitrogen and oxygen atoms in total. The number of alkyl halides is 2. The highest BCUT2D eigenvalue weighted by atomic mass is 32.1. The summed E-state index contributed by atoms with van der Waals surface area (Å²) < 4.78 is 30.4. The first kappa shape index (κ1) is 21.6. The molecular weight excluding hydrogens is 448 g/mol. The van der Waals surface area contributed by atoms with E-state index in [0.29, 0.717) is 42.0 Å². The molecule has 1 saturated carbocycles. The molecule has 1 aromatic carbocycles. The molecule has 33 heavy (non-hydrogen) atoms. The molecule has 172 valence electrons. The van der Waals surface area contributed by atoms with Crippen LogP contribution in [0.1, 0.15) is 50.0 Å². The first-order valence-electron chi connectivity index (χ1n) is 10.8. The normalized spacial score (nSPS) is 19.3. The van der Waals surface area contributed by atoms with E-state index < -0.39 is 11.7 Å². The Labute approximate surface area is 192 Å². The fourth-order valence-electron chi connectivity index (χ4n) is 4.31. The summed E-state index contributed by atoms with van der Waals surface area (Å²) in [5.41, 5.74) is 8.49. The van der Waals surface area contributed by atoms with Gasteiger partial charge in [-0.05, 0) is 50.3 Å². The number of anilines is 2. The minimum Gasteiger partial charge on any atom is -0.382 e. The Morgan fingerprint density at radius 2 is 1.97 bits per heavy atom. The molecule has 0 spiro atoms. The van der Waals surface area contributed by atoms with E-state index in [1.807, 2.05) is 19.1 Å². The molecule has 3 aromatic heterocycles. The molecule has 11 heteroatoms. The van der Waals surface area contributed by atoms with Crippen LogP contribution in [0.5, 0.6) is 0 Å². The number of nitrogens with zero attached hydrogens (tertiary/aromatic N) is 5. The molecule has 5 rings (SSSR count). The highest BCUT2D eigenvalue weighted by Crippen LogP contribution is 2.36. The number of carbonyl (C=O) groups is 1. The first-order valence-corrected chi connectivity index (χ1v) is 11.6. The molecule has 1 aliphatic carbocycles. The van der Waals surface area contributed by atoms with Gasteiger partial charge in [0.15, 0.2) is 16.6 Å². The van der Waals surface area contributed by atoms with Crippen LogP contribution in [-0.2, 0) is 10.7 Å². The SMILES string of the molecule is Cc1ccc2nc(NC(=O)C3CCC(n4cnc5c(N)nc(C(C)(F)F)nc54)CC3)sc2c1. The van der Waals surface area contributed by atoms with Crippen molar-refractivity contribution in [1.82, 2.24) is 24.5 Å². The average Bonchev–Trinajstić information content (AvgIpc) is 3.36. The maximum atomic E-state index is 13.8. The Morgan fingerprint density at radius 1 is 1.21 bits per heavy atom. The Balaban J connectivity index is 1.29. The molecule has 0 aliphatic heterocycles. The third kappa shape index (κ3) is 4.12. The molecule has 3 heterocycles. The van der Waals surface area contributed by atoms with Gasteiger partial charge in [-0.3, -0.25) is 4.79 Å². The van der Waals surface area contributed by atoms with Gasteiger partial charge in [0.2, 0.25) is 11.7 Å². The number of halogens is 2. The Kier molecular flexibility index (Phi) is 5.23. The van der Waals surface area contributed by atoms with Crippen molar-refractivity contribution in [3.8, 4) is 0 Å². The lowest BCUT2D eigenvalue weighted by molar-refractivity contribution is -0.121. The zero-order valence-electron chi connectivity index (χ0n) is 18.2. The van der Waals surface area contributed by atoms with Crippen molar-refractivity contribution in [2.24, 2.45) is 5.92 Å². The minimum atomic E-state index is -3.20. The lowest BCUT2D eigenvalue weighted by atomic mass is 9.85. The van der Waals surface area contributed by atoms with Crippen LogP contribution in [0, 0.1) is 12.8 Å². The Bertz CT molecular complexity index is 1350. The summed E-state index contributed by atoms with van der Waals surface area (Å²) in [6, 6.07) is 6.00. The second-order valence-corrected chi connectivity index (χ2v) is 9.66. The summed E-state index contributed by atoms with van der Waals surface area (Å²) in [6.07, 6.45) is 4.30. The zero-order valence-corrected chi connectivity index (χ0v) is 19.0. The summed E-state index contributed by atoms with van der Waals surface area (Å²) in [4.78, 5) is 29.3. The van der Waals surface area contributed by atoms with Crippen molar-refractivity contribution in [1.29, 1.82) is 0 Å². The standard InChI is InChI=1S/C22H23F2N7OS/c1-11-3-8-14-15(9-11)33-21(27-14)30-19(32)12-4-6-13(7-5-12)31-10-26-16-17(25)28-20(22(2,23)24)29-18(16)31/h3,8-10,12-13H,4-7H2,1-2H3,(H2,25,28,29)(H,27,30,32). The third-order valence-electron chi connectivity index (χ3n) is 6.08. The number of fused-ring (bicyclic) bond motifs is 2. The number of amides is 1. The summed E-state index contributed by atoms with van der Waals surface area (Å²) >= 11 is 1.47. The van der Waals surface area contributed by atoms with Gasteiger partial charge in [0.05, 0.1) is 16.5 Å². The van der Waals surface area contributed by atoms with Gasteiger partial charge in [-0.25, -0.2) is 19.9 Å². The van der Waals surface area contributed by atoms with Gasteiger partial charge in [0, 0.05) is 18.9 Å². The number of hydrogen-bond donors (Lipinski definition) is 2. The van der Waals surface area contributed by atoms with Gasteiger partial charge in [-0.1, -0.05) is 17.4 Å². The molecule has 4 aromatic rings. The molecule has 1 aliphatic rings. The molecule has 0 radical (unpaired) electrons. The average molecular weight is 472 g/mol. The molecule has 1 fully saturated rings. The topological polar surface area (TPSA) is 112 Å². The quantitative estimate of drug-likeness (QED) is 0.442. The number of aromatic nitrogens is 5. The second-order valence-electron chi connectivity index (χ2n) is 8.63. The number of nitrogens with one attached hydrogen (secondary N) is 1. The van der Waals surface area contributed by atoms with Gasteiger partial charge in [0.25, 0.3) is 0 Å². The first-order chi connectivity index (χ1) is 15.7. The van der Waals surface area contributed by atoms with Crippen molar-refractivity contribution >= 4 is 49.6 Å². The van der Waals surface area contributed by atoms with Crippen molar-refractivity contribution in [2.75, 3.05) is 11.1 Å². The number of imidazole rings is 1. The van der Waals surface area contributed by atoms with Crippen LogP contribution in [0.3, 0.4) is 0 Å². The molecule has 0 bridgehead atoms. The van der Waals surface area contributed by atoms with E-state index in [1.165, 1.54) is 11.3 Å². The summed E-state index contributed by atoms with van der Waals surface area (Å²) in [5, 5.41) is 3.56. The number of carbonyl (C=O) groups excluding carboxylic acids is 1. The predicted octanol–water partition coefficient (Wildman–Crippen LogP) is 4.81. The summed E-state index contributed by atoms with van der Waals surface area (Å²) in [6.45, 7) is 2.76. The third-order valence-corrected chi connectivity index (χ3v) is 7.01. The number of hydrogen-bond acceptors (Lipinski definition) is 7. The van der Waals surface area contributed by atoms with E-state index in [-0.39, 0.29) is 23.7 Å². The monoisotopic (exact) mass is 471 g/mol. The Hall–Kier alpha value is -3.21. The number of rotatable bonds is 4. The number of aryl methyl sites for hydroxylation is 1. The molecule has 0 atom stereocenters. The zero-order chi connectivity index (χ0) is 23.3. The van der Waals surface area contributed by atoms with Crippen molar-refractivity contribution < 1.29 is 13.6 Å². The van der Waals surface area contributed by atoms with Crippen LogP contribution in [0.15, 0.2) is 24.5 Å². The van der Waals surface area contributed by atoms with E-state index in [4.69, 9.17) is 5.73 Å². The Morgan fingerprint density at radius 3 is 2.70 bits per heavy atom. The van der Waals surface area contributed by atoms with Crippen molar-refractivity contribution in [2.45, 2.75) is 51.5 Å². The van der Waals surface area contributed by atoms with Gasteiger partial charge >= 0.3 is 5.92 Å². The molecule has 3 N–H and O–H groups in total. The lowest BCUT2D eigenvalue weighted by Gasteiger charge is -2.28. The van der Waals surface area contributed by atoms with Crippen LogP contribution < -0.4 is 11.1 Å². The molecule has 0 unspecified atom stereocenters. The van der Waals surface area contributed by atoms with Crippen LogP contribution >= 0.6 is 11.3 Å². The minimum absolute atomic E-state index is 0.00268. The molecule has 1 amide bonds.